The molecule has 0 spiro atoms. The van der Waals surface area contributed by atoms with E-state index in [1.165, 1.54) is 6.07 Å². The first-order valence-electron chi connectivity index (χ1n) is 8.40. The molecule has 4 nitrogen and oxygen atoms in total. The molecule has 2 aromatic carbocycles. The number of aromatic nitrogens is 3. The van der Waals surface area contributed by atoms with Crippen LogP contribution in [0, 0.1) is 11.6 Å². The van der Waals surface area contributed by atoms with Gasteiger partial charge >= 0.3 is 0 Å². The van der Waals surface area contributed by atoms with Crippen LogP contribution < -0.4 is 0 Å². The Morgan fingerprint density at radius 1 is 0.885 bits per heavy atom. The number of rotatable bonds is 1. The molecule has 0 bridgehead atoms. The summed E-state index contributed by atoms with van der Waals surface area (Å²) in [5.41, 5.74) is 1.20. The highest BCUT2D eigenvalue weighted by atomic mass is 19.1. The minimum atomic E-state index is -0.654. The third-order valence-corrected chi connectivity index (χ3v) is 5.43. The lowest BCUT2D eigenvalue weighted by atomic mass is 9.66. The first-order chi connectivity index (χ1) is 12.2. The second-order valence-electron chi connectivity index (χ2n) is 7.58. The van der Waals surface area contributed by atoms with Gasteiger partial charge in [0, 0.05) is 22.6 Å². The lowest BCUT2D eigenvalue weighted by Crippen LogP contribution is -2.47. The molecule has 0 aliphatic carbocycles. The van der Waals surface area contributed by atoms with Crippen LogP contribution in [0.4, 0.5) is 8.78 Å². The van der Waals surface area contributed by atoms with Crippen LogP contribution >= 0.6 is 0 Å². The molecule has 3 aromatic rings. The largest absolute Gasteiger partial charge is 0.274 e. The fourth-order valence-corrected chi connectivity index (χ4v) is 3.33. The maximum absolute atomic E-state index is 14.8. The summed E-state index contributed by atoms with van der Waals surface area (Å²) in [6.45, 7) is 7.67. The Balaban J connectivity index is 2.03. The molecule has 1 aliphatic rings. The number of para-hydroxylation sites is 1. The van der Waals surface area contributed by atoms with Crippen LogP contribution in [0.5, 0.6) is 0 Å². The topological polar surface area (TPSA) is 51.0 Å². The summed E-state index contributed by atoms with van der Waals surface area (Å²) < 4.78 is 28.8. The van der Waals surface area contributed by atoms with Crippen molar-refractivity contribution in [3.05, 3.63) is 65.0 Å². The molecule has 132 valence electrons. The molecule has 0 saturated carbocycles. The summed E-state index contributed by atoms with van der Waals surface area (Å²) in [5.74, 6) is -0.976. The second kappa shape index (κ2) is 5.37. The fraction of sp³-hybridized carbons (Fsp3) is 0.300. The van der Waals surface area contributed by atoms with E-state index in [2.05, 4.69) is 15.2 Å². The summed E-state index contributed by atoms with van der Waals surface area (Å²) in [7, 11) is 0. The van der Waals surface area contributed by atoms with E-state index in [-0.39, 0.29) is 5.82 Å². The molecule has 0 fully saturated rings. The van der Waals surface area contributed by atoms with E-state index in [4.69, 9.17) is 4.99 Å². The zero-order valence-electron chi connectivity index (χ0n) is 15.0. The predicted octanol–water partition coefficient (Wildman–Crippen LogP) is 4.21. The first kappa shape index (κ1) is 16.7. The van der Waals surface area contributed by atoms with Gasteiger partial charge in [0.05, 0.1) is 11.1 Å². The Kier molecular flexibility index (Phi) is 3.45. The minimum absolute atomic E-state index is 0.263. The van der Waals surface area contributed by atoms with Crippen molar-refractivity contribution in [3.8, 4) is 0 Å². The van der Waals surface area contributed by atoms with E-state index < -0.39 is 22.6 Å². The molecule has 0 atom stereocenters. The van der Waals surface area contributed by atoms with Crippen LogP contribution in [0.25, 0.3) is 11.0 Å². The number of hydrogen-bond donors (Lipinski definition) is 0. The standard InChI is InChI=1S/C20H18F2N4/c1-19(2)16-12(9-11(21)10-13(16)22)17(24-20(19,3)4)18-23-14-7-5-6-8-15(14)25-26-18/h5-10H,1-4H3. The second-order valence-corrected chi connectivity index (χ2v) is 7.58. The van der Waals surface area contributed by atoms with Gasteiger partial charge in [-0.2, -0.15) is 0 Å². The summed E-state index contributed by atoms with van der Waals surface area (Å²) in [4.78, 5) is 9.31. The van der Waals surface area contributed by atoms with Crippen molar-refractivity contribution in [2.45, 2.75) is 38.6 Å². The number of benzene rings is 2. The van der Waals surface area contributed by atoms with Crippen LogP contribution in [-0.4, -0.2) is 26.4 Å². The summed E-state index contributed by atoms with van der Waals surface area (Å²) in [5, 5.41) is 8.34. The van der Waals surface area contributed by atoms with Crippen molar-refractivity contribution >= 4 is 16.7 Å². The molecule has 1 aromatic heterocycles. The fourth-order valence-electron chi connectivity index (χ4n) is 3.33. The molecule has 26 heavy (non-hydrogen) atoms. The minimum Gasteiger partial charge on any atom is -0.274 e. The number of halogens is 2. The lowest BCUT2D eigenvalue weighted by Gasteiger charge is -2.44. The molecule has 4 rings (SSSR count). The van der Waals surface area contributed by atoms with Gasteiger partial charge in [0.15, 0.2) is 0 Å². The molecule has 6 heteroatoms. The molecule has 0 amide bonds. The Hall–Kier alpha value is -2.76. The molecule has 0 unspecified atom stereocenters. The van der Waals surface area contributed by atoms with E-state index in [9.17, 15) is 8.78 Å². The van der Waals surface area contributed by atoms with Gasteiger partial charge < -0.3 is 0 Å². The normalized spacial score (nSPS) is 17.7. The van der Waals surface area contributed by atoms with E-state index in [0.717, 1.165) is 6.07 Å². The Bertz CT molecular complexity index is 1070. The molecule has 0 saturated heterocycles. The van der Waals surface area contributed by atoms with E-state index in [1.54, 1.807) is 0 Å². The average molecular weight is 352 g/mol. The van der Waals surface area contributed by atoms with Crippen molar-refractivity contribution < 1.29 is 8.78 Å². The van der Waals surface area contributed by atoms with Crippen molar-refractivity contribution in [2.24, 2.45) is 4.99 Å². The van der Waals surface area contributed by atoms with Crippen molar-refractivity contribution in [2.75, 3.05) is 0 Å². The maximum Gasteiger partial charge on any atom is 0.201 e. The van der Waals surface area contributed by atoms with Gasteiger partial charge in [0.1, 0.15) is 22.9 Å². The van der Waals surface area contributed by atoms with Gasteiger partial charge in [-0.05, 0) is 32.0 Å². The number of hydrogen-bond acceptors (Lipinski definition) is 4. The lowest BCUT2D eigenvalue weighted by molar-refractivity contribution is 0.292. The third kappa shape index (κ3) is 2.32. The molecule has 0 N–H and O–H groups in total. The highest BCUT2D eigenvalue weighted by Gasteiger charge is 2.46. The van der Waals surface area contributed by atoms with Gasteiger partial charge in [-0.3, -0.25) is 4.99 Å². The van der Waals surface area contributed by atoms with Crippen molar-refractivity contribution in [3.63, 3.8) is 0 Å². The van der Waals surface area contributed by atoms with E-state index in [1.807, 2.05) is 52.0 Å². The van der Waals surface area contributed by atoms with E-state index >= 15 is 0 Å². The number of nitrogens with zero attached hydrogens (tertiary/aromatic N) is 4. The molecule has 2 heterocycles. The highest BCUT2D eigenvalue weighted by Crippen LogP contribution is 2.45. The van der Waals surface area contributed by atoms with Crippen LogP contribution in [-0.2, 0) is 5.41 Å². The zero-order chi connectivity index (χ0) is 18.7. The Labute approximate surface area is 150 Å². The van der Waals surface area contributed by atoms with Crippen molar-refractivity contribution in [1.29, 1.82) is 0 Å². The Morgan fingerprint density at radius 3 is 2.31 bits per heavy atom. The molecule has 1 aliphatic heterocycles. The first-order valence-corrected chi connectivity index (χ1v) is 8.40. The third-order valence-electron chi connectivity index (χ3n) is 5.43. The maximum atomic E-state index is 14.8. The summed E-state index contributed by atoms with van der Waals surface area (Å²) >= 11 is 0. The highest BCUT2D eigenvalue weighted by molar-refractivity contribution is 6.13. The van der Waals surface area contributed by atoms with Gasteiger partial charge in [-0.15, -0.1) is 10.2 Å². The van der Waals surface area contributed by atoms with Crippen LogP contribution in [0.1, 0.15) is 44.6 Å². The summed E-state index contributed by atoms with van der Waals surface area (Å²) in [6, 6.07) is 9.54. The van der Waals surface area contributed by atoms with Gasteiger partial charge in [-0.25, -0.2) is 13.8 Å². The van der Waals surface area contributed by atoms with Crippen LogP contribution in [0.15, 0.2) is 41.4 Å². The predicted molar refractivity (Wildman–Crippen MR) is 96.4 cm³/mol. The Morgan fingerprint density at radius 2 is 1.58 bits per heavy atom. The zero-order valence-corrected chi connectivity index (χ0v) is 15.0. The smallest absolute Gasteiger partial charge is 0.201 e. The number of aliphatic imine (C=N–C) groups is 1. The SMILES string of the molecule is CC1(C)N=C(c2nnc3ccccc3n2)c2cc(F)cc(F)c2C1(C)C. The quantitative estimate of drug-likeness (QED) is 0.659. The number of fused-ring (bicyclic) bond motifs is 2. The summed E-state index contributed by atoms with van der Waals surface area (Å²) in [6.07, 6.45) is 0. The average Bonchev–Trinajstić information content (AvgIpc) is 2.57. The monoisotopic (exact) mass is 352 g/mol. The molecular formula is C20H18F2N4. The van der Waals surface area contributed by atoms with Gasteiger partial charge in [0.2, 0.25) is 5.82 Å². The molecular weight excluding hydrogens is 334 g/mol. The van der Waals surface area contributed by atoms with Crippen LogP contribution in [0.2, 0.25) is 0 Å². The van der Waals surface area contributed by atoms with Crippen molar-refractivity contribution in [1.82, 2.24) is 15.2 Å². The van der Waals surface area contributed by atoms with Crippen LogP contribution in [0.3, 0.4) is 0 Å². The van der Waals surface area contributed by atoms with E-state index in [0.29, 0.717) is 27.9 Å². The molecule has 0 radical (unpaired) electrons. The van der Waals surface area contributed by atoms with Gasteiger partial charge in [0.25, 0.3) is 0 Å². The van der Waals surface area contributed by atoms with Gasteiger partial charge in [-0.1, -0.05) is 26.0 Å².